The molecule has 110 valence electrons. The van der Waals surface area contributed by atoms with E-state index >= 15 is 0 Å². The van der Waals surface area contributed by atoms with Gasteiger partial charge in [0.25, 0.3) is 0 Å². The monoisotopic (exact) mass is 307 g/mol. The van der Waals surface area contributed by atoms with Gasteiger partial charge < -0.3 is 14.8 Å². The van der Waals surface area contributed by atoms with Gasteiger partial charge in [-0.2, -0.15) is 0 Å². The lowest BCUT2D eigenvalue weighted by Crippen LogP contribution is -2.18. The highest BCUT2D eigenvalue weighted by Gasteiger charge is 2.18. The number of nitrogens with one attached hydrogen (secondary N) is 1. The molecule has 1 heterocycles. The Balaban J connectivity index is 1.67. The van der Waals surface area contributed by atoms with Gasteiger partial charge in [-0.15, -0.1) is 0 Å². The average Bonchev–Trinajstić information content (AvgIpc) is 2.94. The van der Waals surface area contributed by atoms with Gasteiger partial charge in [-0.1, -0.05) is 23.7 Å². The van der Waals surface area contributed by atoms with Gasteiger partial charge in [-0.3, -0.25) is 0 Å². The largest absolute Gasteiger partial charge is 0.454 e. The molecule has 0 fully saturated rings. The predicted octanol–water partition coefficient (Wildman–Crippen LogP) is 4.06. The van der Waals surface area contributed by atoms with Crippen LogP contribution in [0.15, 0.2) is 36.4 Å². The molecule has 5 heteroatoms. The van der Waals surface area contributed by atoms with Crippen LogP contribution in [0.2, 0.25) is 5.02 Å². The van der Waals surface area contributed by atoms with Crippen LogP contribution in [-0.4, -0.2) is 6.79 Å². The highest BCUT2D eigenvalue weighted by atomic mass is 35.5. The van der Waals surface area contributed by atoms with Gasteiger partial charge in [-0.05, 0) is 42.3 Å². The molecule has 2 aromatic carbocycles. The van der Waals surface area contributed by atoms with E-state index in [9.17, 15) is 4.39 Å². The highest BCUT2D eigenvalue weighted by Crippen LogP contribution is 2.39. The molecule has 2 aromatic rings. The third-order valence-corrected chi connectivity index (χ3v) is 3.75. The summed E-state index contributed by atoms with van der Waals surface area (Å²) in [7, 11) is 0. The molecular formula is C16H15ClFNO2. The molecule has 1 aliphatic heterocycles. The molecule has 0 aromatic heterocycles. The zero-order valence-electron chi connectivity index (χ0n) is 11.5. The van der Waals surface area contributed by atoms with E-state index in [0.29, 0.717) is 23.1 Å². The van der Waals surface area contributed by atoms with E-state index in [1.807, 2.05) is 19.1 Å². The van der Waals surface area contributed by atoms with E-state index in [2.05, 4.69) is 5.32 Å². The van der Waals surface area contributed by atoms with Crippen molar-refractivity contribution in [1.82, 2.24) is 5.32 Å². The van der Waals surface area contributed by atoms with E-state index in [4.69, 9.17) is 21.1 Å². The summed E-state index contributed by atoms with van der Waals surface area (Å²) in [6.07, 6.45) is 0. The van der Waals surface area contributed by atoms with Gasteiger partial charge in [0.1, 0.15) is 5.82 Å². The van der Waals surface area contributed by atoms with Crippen molar-refractivity contribution >= 4 is 11.6 Å². The summed E-state index contributed by atoms with van der Waals surface area (Å²) in [6.45, 7) is 2.87. The van der Waals surface area contributed by atoms with Crippen LogP contribution in [-0.2, 0) is 6.54 Å². The maximum absolute atomic E-state index is 12.9. The molecular weight excluding hydrogens is 293 g/mol. The molecule has 0 unspecified atom stereocenters. The summed E-state index contributed by atoms with van der Waals surface area (Å²) >= 11 is 6.15. The molecule has 0 aliphatic carbocycles. The van der Waals surface area contributed by atoms with E-state index in [1.54, 1.807) is 12.1 Å². The highest BCUT2D eigenvalue weighted by molar-refractivity contribution is 6.32. The first-order chi connectivity index (χ1) is 10.1. The number of fused-ring (bicyclic) bond motifs is 1. The van der Waals surface area contributed by atoms with Crippen molar-refractivity contribution in [2.75, 3.05) is 6.79 Å². The number of hydrogen-bond acceptors (Lipinski definition) is 3. The Morgan fingerprint density at radius 3 is 2.76 bits per heavy atom. The van der Waals surface area contributed by atoms with Crippen LogP contribution in [0.25, 0.3) is 0 Å². The molecule has 0 radical (unpaired) electrons. The number of hydrogen-bond donors (Lipinski definition) is 1. The van der Waals surface area contributed by atoms with E-state index < -0.39 is 0 Å². The first-order valence-corrected chi connectivity index (χ1v) is 7.08. The molecule has 0 bridgehead atoms. The first kappa shape index (κ1) is 14.2. The number of halogens is 2. The summed E-state index contributed by atoms with van der Waals surface area (Å²) in [5.41, 5.74) is 2.04. The van der Waals surface area contributed by atoms with Crippen LogP contribution in [0.3, 0.4) is 0 Å². The fourth-order valence-corrected chi connectivity index (χ4v) is 2.55. The average molecular weight is 308 g/mol. The van der Waals surface area contributed by atoms with Crippen molar-refractivity contribution in [3.05, 3.63) is 58.4 Å². The normalized spacial score (nSPS) is 14.2. The Kier molecular flexibility index (Phi) is 3.99. The first-order valence-electron chi connectivity index (χ1n) is 6.70. The second kappa shape index (κ2) is 5.92. The maximum Gasteiger partial charge on any atom is 0.231 e. The molecule has 0 amide bonds. The quantitative estimate of drug-likeness (QED) is 0.924. The lowest BCUT2D eigenvalue weighted by Gasteiger charge is -2.15. The van der Waals surface area contributed by atoms with Crippen molar-refractivity contribution < 1.29 is 13.9 Å². The zero-order valence-corrected chi connectivity index (χ0v) is 12.3. The molecule has 1 N–H and O–H groups in total. The Hall–Kier alpha value is -1.78. The standard InChI is InChI=1S/C16H15ClFNO2/c1-10(12-2-4-13(18)5-3-12)19-8-11-6-14(17)16-15(7-11)20-9-21-16/h2-7,10,19H,8-9H2,1H3/t10-/m0/s1. The van der Waals surface area contributed by atoms with Crippen LogP contribution < -0.4 is 14.8 Å². The Labute approximate surface area is 127 Å². The summed E-state index contributed by atoms with van der Waals surface area (Å²) < 4.78 is 23.5. The van der Waals surface area contributed by atoms with Crippen molar-refractivity contribution in [2.24, 2.45) is 0 Å². The summed E-state index contributed by atoms with van der Waals surface area (Å²) in [5, 5.41) is 3.93. The SMILES string of the molecule is C[C@H](NCc1cc(Cl)c2c(c1)OCO2)c1ccc(F)cc1. The maximum atomic E-state index is 12.9. The zero-order chi connectivity index (χ0) is 14.8. The summed E-state index contributed by atoms with van der Waals surface area (Å²) in [5.74, 6) is 1.05. The van der Waals surface area contributed by atoms with Gasteiger partial charge in [0.05, 0.1) is 5.02 Å². The van der Waals surface area contributed by atoms with E-state index in [1.165, 1.54) is 12.1 Å². The molecule has 1 aliphatic rings. The Bertz CT molecular complexity index is 645. The van der Waals surface area contributed by atoms with Crippen molar-refractivity contribution in [2.45, 2.75) is 19.5 Å². The molecule has 1 atom stereocenters. The third kappa shape index (κ3) is 3.12. The minimum Gasteiger partial charge on any atom is -0.454 e. The second-order valence-electron chi connectivity index (χ2n) is 4.97. The van der Waals surface area contributed by atoms with Crippen LogP contribution in [0.1, 0.15) is 24.1 Å². The van der Waals surface area contributed by atoms with Crippen LogP contribution in [0, 0.1) is 5.82 Å². The smallest absolute Gasteiger partial charge is 0.231 e. The van der Waals surface area contributed by atoms with Gasteiger partial charge in [0, 0.05) is 12.6 Å². The molecule has 3 rings (SSSR count). The fourth-order valence-electron chi connectivity index (χ4n) is 2.26. The molecule has 0 spiro atoms. The minimum atomic E-state index is -0.228. The van der Waals surface area contributed by atoms with Crippen molar-refractivity contribution in [3.63, 3.8) is 0 Å². The molecule has 0 saturated heterocycles. The number of ether oxygens (including phenoxy) is 2. The molecule has 0 saturated carbocycles. The number of benzene rings is 2. The van der Waals surface area contributed by atoms with Crippen molar-refractivity contribution in [1.29, 1.82) is 0 Å². The molecule has 21 heavy (non-hydrogen) atoms. The topological polar surface area (TPSA) is 30.5 Å². The summed E-state index contributed by atoms with van der Waals surface area (Å²) in [6, 6.07) is 10.4. The second-order valence-corrected chi connectivity index (χ2v) is 5.37. The Morgan fingerprint density at radius 1 is 1.24 bits per heavy atom. The predicted molar refractivity (Wildman–Crippen MR) is 79.2 cm³/mol. The van der Waals surface area contributed by atoms with Gasteiger partial charge in [0.15, 0.2) is 11.5 Å². The van der Waals surface area contributed by atoms with E-state index in [0.717, 1.165) is 11.1 Å². The van der Waals surface area contributed by atoms with Crippen LogP contribution in [0.4, 0.5) is 4.39 Å². The van der Waals surface area contributed by atoms with Gasteiger partial charge >= 0.3 is 0 Å². The molecule has 3 nitrogen and oxygen atoms in total. The van der Waals surface area contributed by atoms with E-state index in [-0.39, 0.29) is 18.7 Å². The van der Waals surface area contributed by atoms with Gasteiger partial charge in [0.2, 0.25) is 6.79 Å². The summed E-state index contributed by atoms with van der Waals surface area (Å²) in [4.78, 5) is 0. The van der Waals surface area contributed by atoms with Gasteiger partial charge in [-0.25, -0.2) is 4.39 Å². The lowest BCUT2D eigenvalue weighted by molar-refractivity contribution is 0.174. The third-order valence-electron chi connectivity index (χ3n) is 3.47. The number of rotatable bonds is 4. The minimum absolute atomic E-state index is 0.106. The Morgan fingerprint density at radius 2 is 2.00 bits per heavy atom. The lowest BCUT2D eigenvalue weighted by atomic mass is 10.1. The van der Waals surface area contributed by atoms with Crippen LogP contribution in [0.5, 0.6) is 11.5 Å². The van der Waals surface area contributed by atoms with Crippen LogP contribution >= 0.6 is 11.6 Å². The fraction of sp³-hybridized carbons (Fsp3) is 0.250. The van der Waals surface area contributed by atoms with Crippen molar-refractivity contribution in [3.8, 4) is 11.5 Å².